The van der Waals surface area contributed by atoms with Gasteiger partial charge in [0.05, 0.1) is 29.0 Å². The molecule has 0 bridgehead atoms. The maximum Gasteiger partial charge on any atom is 0.297 e. The van der Waals surface area contributed by atoms with Gasteiger partial charge >= 0.3 is 0 Å². The summed E-state index contributed by atoms with van der Waals surface area (Å²) in [7, 11) is -3.89. The van der Waals surface area contributed by atoms with Gasteiger partial charge in [-0.3, -0.25) is 4.18 Å². The first-order valence-corrected chi connectivity index (χ1v) is 10.2. The molecule has 6 nitrogen and oxygen atoms in total. The van der Waals surface area contributed by atoms with E-state index in [2.05, 4.69) is 0 Å². The van der Waals surface area contributed by atoms with Crippen LogP contribution in [0.25, 0.3) is 0 Å². The fraction of sp³-hybridized carbons (Fsp3) is 0.625. The van der Waals surface area contributed by atoms with E-state index in [1.807, 2.05) is 20.8 Å². The molecular weight excluding hydrogens is 352 g/mol. The van der Waals surface area contributed by atoms with E-state index in [0.29, 0.717) is 5.75 Å². The summed E-state index contributed by atoms with van der Waals surface area (Å²) in [4.78, 5) is 0.0823. The zero-order valence-electron chi connectivity index (χ0n) is 13.8. The molecule has 2 saturated heterocycles. The molecule has 2 aliphatic heterocycles. The van der Waals surface area contributed by atoms with Crippen molar-refractivity contribution >= 4 is 21.9 Å². The Kier molecular flexibility index (Phi) is 4.98. The van der Waals surface area contributed by atoms with Crippen LogP contribution in [-0.4, -0.2) is 55.2 Å². The smallest absolute Gasteiger partial charge is 0.297 e. The van der Waals surface area contributed by atoms with Gasteiger partial charge in [-0.1, -0.05) is 17.7 Å². The molecule has 1 N–H and O–H groups in total. The molecule has 0 saturated carbocycles. The Morgan fingerprint density at radius 1 is 1.33 bits per heavy atom. The van der Waals surface area contributed by atoms with Gasteiger partial charge in [0.25, 0.3) is 10.1 Å². The molecule has 0 aliphatic carbocycles. The highest BCUT2D eigenvalue weighted by atomic mass is 32.2. The third kappa shape index (κ3) is 3.79. The van der Waals surface area contributed by atoms with Crippen molar-refractivity contribution in [3.05, 3.63) is 29.8 Å². The number of rotatable bonds is 5. The number of thioether (sulfide) groups is 1. The van der Waals surface area contributed by atoms with Crippen molar-refractivity contribution < 1.29 is 27.2 Å². The highest BCUT2D eigenvalue weighted by Gasteiger charge is 2.51. The zero-order valence-corrected chi connectivity index (χ0v) is 15.5. The van der Waals surface area contributed by atoms with E-state index in [0.717, 1.165) is 5.56 Å². The van der Waals surface area contributed by atoms with E-state index < -0.39 is 22.0 Å². The van der Waals surface area contributed by atoms with Crippen molar-refractivity contribution in [2.75, 3.05) is 12.4 Å². The molecule has 134 valence electrons. The molecule has 1 aromatic rings. The van der Waals surface area contributed by atoms with Gasteiger partial charge in [-0.15, -0.1) is 0 Å². The van der Waals surface area contributed by atoms with Gasteiger partial charge in [-0.05, 0) is 32.9 Å². The predicted molar refractivity (Wildman–Crippen MR) is 90.4 cm³/mol. The van der Waals surface area contributed by atoms with Gasteiger partial charge in [0.1, 0.15) is 6.10 Å². The second-order valence-electron chi connectivity index (χ2n) is 6.56. The predicted octanol–water partition coefficient (Wildman–Crippen LogP) is 1.70. The number of hydrogen-bond donors (Lipinski definition) is 1. The maximum atomic E-state index is 12.2. The standard InChI is InChI=1S/C16H22O6S2/c1-10-4-6-11(7-5-10)24(18,19)20-8-12(17)15-14-13(9-23-15)21-16(2,3)22-14/h4-7,12-15,17H,8-9H2,1-3H3/t12?,13-,14-,15+/m1/s1. The summed E-state index contributed by atoms with van der Waals surface area (Å²) in [6.45, 7) is 5.23. The first-order valence-electron chi connectivity index (χ1n) is 7.79. The highest BCUT2D eigenvalue weighted by Crippen LogP contribution is 2.42. The lowest BCUT2D eigenvalue weighted by Crippen LogP contribution is -2.39. The molecule has 0 amide bonds. The average Bonchev–Trinajstić information content (AvgIpc) is 3.00. The lowest BCUT2D eigenvalue weighted by Gasteiger charge is -2.24. The third-order valence-corrected chi connectivity index (χ3v) is 6.87. The second-order valence-corrected chi connectivity index (χ2v) is 9.38. The van der Waals surface area contributed by atoms with E-state index in [1.54, 1.807) is 12.1 Å². The monoisotopic (exact) mass is 374 g/mol. The number of fused-ring (bicyclic) bond motifs is 1. The van der Waals surface area contributed by atoms with E-state index in [1.165, 1.54) is 23.9 Å². The number of ether oxygens (including phenoxy) is 2. The minimum atomic E-state index is -3.89. The molecule has 0 spiro atoms. The molecule has 2 fully saturated rings. The topological polar surface area (TPSA) is 82.1 Å². The normalized spacial score (nSPS) is 30.2. The quantitative estimate of drug-likeness (QED) is 0.786. The maximum absolute atomic E-state index is 12.2. The molecule has 2 heterocycles. The Morgan fingerprint density at radius 3 is 2.67 bits per heavy atom. The fourth-order valence-electron chi connectivity index (χ4n) is 2.93. The minimum Gasteiger partial charge on any atom is -0.389 e. The van der Waals surface area contributed by atoms with Crippen LogP contribution in [-0.2, 0) is 23.8 Å². The minimum absolute atomic E-state index is 0.0823. The van der Waals surface area contributed by atoms with Gasteiger partial charge in [-0.25, -0.2) is 0 Å². The molecule has 0 radical (unpaired) electrons. The summed E-state index contributed by atoms with van der Waals surface area (Å²) in [6, 6.07) is 6.40. The summed E-state index contributed by atoms with van der Waals surface area (Å²) >= 11 is 1.52. The molecule has 1 aromatic carbocycles. The second kappa shape index (κ2) is 6.59. The van der Waals surface area contributed by atoms with Crippen LogP contribution in [0.4, 0.5) is 0 Å². The van der Waals surface area contributed by atoms with Gasteiger partial charge in [-0.2, -0.15) is 20.2 Å². The van der Waals surface area contributed by atoms with E-state index in [4.69, 9.17) is 13.7 Å². The third-order valence-electron chi connectivity index (χ3n) is 4.08. The van der Waals surface area contributed by atoms with E-state index in [-0.39, 0.29) is 29.0 Å². The first kappa shape index (κ1) is 18.2. The Balaban J connectivity index is 1.61. The summed E-state index contributed by atoms with van der Waals surface area (Å²) in [5.74, 6) is 0.0314. The van der Waals surface area contributed by atoms with Gasteiger partial charge in [0.2, 0.25) is 0 Å². The van der Waals surface area contributed by atoms with E-state index in [9.17, 15) is 13.5 Å². The summed E-state index contributed by atoms with van der Waals surface area (Å²) in [5, 5.41) is 10.1. The number of aryl methyl sites for hydroxylation is 1. The summed E-state index contributed by atoms with van der Waals surface area (Å²) in [5.41, 5.74) is 0.961. The Morgan fingerprint density at radius 2 is 2.00 bits per heavy atom. The van der Waals surface area contributed by atoms with E-state index >= 15 is 0 Å². The van der Waals surface area contributed by atoms with Crippen molar-refractivity contribution in [2.45, 2.75) is 55.0 Å². The van der Waals surface area contributed by atoms with Crippen LogP contribution >= 0.6 is 11.8 Å². The molecule has 4 atom stereocenters. The fourth-order valence-corrected chi connectivity index (χ4v) is 5.24. The molecule has 8 heteroatoms. The molecule has 2 aliphatic rings. The van der Waals surface area contributed by atoms with Gasteiger partial charge < -0.3 is 14.6 Å². The lowest BCUT2D eigenvalue weighted by atomic mass is 10.1. The van der Waals surface area contributed by atoms with Crippen molar-refractivity contribution in [1.29, 1.82) is 0 Å². The molecule has 3 rings (SSSR count). The van der Waals surface area contributed by atoms with Crippen LogP contribution in [0, 0.1) is 6.92 Å². The molecule has 0 aromatic heterocycles. The Hall–Kier alpha value is -0.640. The summed E-state index contributed by atoms with van der Waals surface area (Å²) in [6.07, 6.45) is -1.30. The average molecular weight is 374 g/mol. The highest BCUT2D eigenvalue weighted by molar-refractivity contribution is 8.00. The lowest BCUT2D eigenvalue weighted by molar-refractivity contribution is -0.147. The van der Waals surface area contributed by atoms with Crippen LogP contribution in [0.2, 0.25) is 0 Å². The van der Waals surface area contributed by atoms with Gasteiger partial charge in [0.15, 0.2) is 5.79 Å². The summed E-state index contributed by atoms with van der Waals surface area (Å²) < 4.78 is 41.0. The zero-order chi connectivity index (χ0) is 17.5. The van der Waals surface area contributed by atoms with Crippen molar-refractivity contribution in [3.8, 4) is 0 Å². The van der Waals surface area contributed by atoms with Crippen molar-refractivity contribution in [2.24, 2.45) is 0 Å². The Labute approximate surface area is 146 Å². The number of aliphatic hydroxyl groups is 1. The SMILES string of the molecule is Cc1ccc(S(=O)(=O)OCC(O)[C@@H]2SC[C@H]3OC(C)(C)O[C@H]32)cc1. The number of hydrogen-bond acceptors (Lipinski definition) is 7. The van der Waals surface area contributed by atoms with Crippen LogP contribution in [0.5, 0.6) is 0 Å². The van der Waals surface area contributed by atoms with Crippen LogP contribution < -0.4 is 0 Å². The van der Waals surface area contributed by atoms with Crippen LogP contribution in [0.3, 0.4) is 0 Å². The molecule has 24 heavy (non-hydrogen) atoms. The van der Waals surface area contributed by atoms with Crippen LogP contribution in [0.1, 0.15) is 19.4 Å². The first-order chi connectivity index (χ1) is 11.2. The molecular formula is C16H22O6S2. The number of benzene rings is 1. The van der Waals surface area contributed by atoms with Crippen molar-refractivity contribution in [3.63, 3.8) is 0 Å². The van der Waals surface area contributed by atoms with Crippen molar-refractivity contribution in [1.82, 2.24) is 0 Å². The Bertz CT molecular complexity index is 685. The number of aliphatic hydroxyl groups excluding tert-OH is 1. The largest absolute Gasteiger partial charge is 0.389 e. The van der Waals surface area contributed by atoms with Crippen LogP contribution in [0.15, 0.2) is 29.2 Å². The van der Waals surface area contributed by atoms with Gasteiger partial charge in [0, 0.05) is 5.75 Å². The molecule has 1 unspecified atom stereocenters.